The van der Waals surface area contributed by atoms with E-state index in [4.69, 9.17) is 12.2 Å². The SMILES string of the molecule is Cc1ccccc1NC(=S)NC(=O)CC12CC3CC(CC(C3)C1)C2. The zero-order valence-electron chi connectivity index (χ0n) is 14.3. The summed E-state index contributed by atoms with van der Waals surface area (Å²) in [5, 5.41) is 6.48. The van der Waals surface area contributed by atoms with E-state index < -0.39 is 0 Å². The van der Waals surface area contributed by atoms with Gasteiger partial charge in [-0.25, -0.2) is 0 Å². The maximum Gasteiger partial charge on any atom is 0.226 e. The summed E-state index contributed by atoms with van der Waals surface area (Å²) in [6, 6.07) is 7.97. The third-order valence-corrected chi connectivity index (χ3v) is 6.55. The predicted molar refractivity (Wildman–Crippen MR) is 101 cm³/mol. The van der Waals surface area contributed by atoms with Gasteiger partial charge in [0.05, 0.1) is 0 Å². The third kappa shape index (κ3) is 3.21. The molecule has 0 aliphatic heterocycles. The number of carbonyl (C=O) groups excluding carboxylic acids is 1. The van der Waals surface area contributed by atoms with Crippen molar-refractivity contribution in [3.8, 4) is 0 Å². The first-order chi connectivity index (χ1) is 11.5. The molecule has 0 radical (unpaired) electrons. The second kappa shape index (κ2) is 6.14. The zero-order chi connectivity index (χ0) is 16.7. The molecule has 1 aromatic rings. The van der Waals surface area contributed by atoms with Crippen molar-refractivity contribution in [2.75, 3.05) is 5.32 Å². The maximum atomic E-state index is 12.6. The Labute approximate surface area is 149 Å². The van der Waals surface area contributed by atoms with Gasteiger partial charge >= 0.3 is 0 Å². The van der Waals surface area contributed by atoms with Crippen LogP contribution in [-0.4, -0.2) is 11.0 Å². The molecular formula is C20H26N2OS. The van der Waals surface area contributed by atoms with Crippen LogP contribution in [-0.2, 0) is 4.79 Å². The molecule has 1 amide bonds. The van der Waals surface area contributed by atoms with Crippen molar-refractivity contribution in [2.24, 2.45) is 23.2 Å². The van der Waals surface area contributed by atoms with Crippen LogP contribution in [0, 0.1) is 30.1 Å². The summed E-state index contributed by atoms with van der Waals surface area (Å²) in [4.78, 5) is 12.6. The highest BCUT2D eigenvalue weighted by atomic mass is 32.1. The van der Waals surface area contributed by atoms with Crippen LogP contribution in [0.1, 0.15) is 50.5 Å². The number of hydrogen-bond donors (Lipinski definition) is 2. The lowest BCUT2D eigenvalue weighted by atomic mass is 9.49. The van der Waals surface area contributed by atoms with E-state index in [1.165, 1.54) is 38.5 Å². The van der Waals surface area contributed by atoms with Crippen LogP contribution in [0.2, 0.25) is 0 Å². The molecule has 0 aromatic heterocycles. The van der Waals surface area contributed by atoms with Gasteiger partial charge in [0.25, 0.3) is 0 Å². The Hall–Kier alpha value is -1.42. The summed E-state index contributed by atoms with van der Waals surface area (Å²) in [6.07, 6.45) is 8.64. The van der Waals surface area contributed by atoms with Crippen LogP contribution >= 0.6 is 12.2 Å². The number of carbonyl (C=O) groups is 1. The molecule has 4 saturated carbocycles. The largest absolute Gasteiger partial charge is 0.332 e. The molecule has 1 aromatic carbocycles. The van der Waals surface area contributed by atoms with E-state index in [0.717, 1.165) is 29.0 Å². The van der Waals surface area contributed by atoms with E-state index in [1.54, 1.807) is 0 Å². The predicted octanol–water partition coefficient (Wildman–Crippen LogP) is 4.41. The first-order valence-corrected chi connectivity index (χ1v) is 9.59. The molecule has 0 saturated heterocycles. The number of thiocarbonyl (C=S) groups is 1. The molecule has 4 bridgehead atoms. The summed E-state index contributed by atoms with van der Waals surface area (Å²) in [5.74, 6) is 2.71. The minimum atomic E-state index is 0.0861. The number of para-hydroxylation sites is 1. The van der Waals surface area contributed by atoms with Crippen LogP contribution < -0.4 is 10.6 Å². The Morgan fingerprint density at radius 1 is 1.12 bits per heavy atom. The number of benzene rings is 1. The number of aryl methyl sites for hydroxylation is 1. The van der Waals surface area contributed by atoms with Crippen LogP contribution in [0.5, 0.6) is 0 Å². The molecule has 2 N–H and O–H groups in total. The van der Waals surface area contributed by atoms with E-state index in [1.807, 2.05) is 31.2 Å². The molecule has 0 spiro atoms. The molecule has 0 unspecified atom stereocenters. The second-order valence-electron chi connectivity index (χ2n) is 8.41. The van der Waals surface area contributed by atoms with E-state index in [9.17, 15) is 4.79 Å². The molecular weight excluding hydrogens is 316 g/mol. The molecule has 3 nitrogen and oxygen atoms in total. The van der Waals surface area contributed by atoms with Crippen LogP contribution in [0.25, 0.3) is 0 Å². The van der Waals surface area contributed by atoms with Gasteiger partial charge in [-0.05, 0) is 92.5 Å². The minimum absolute atomic E-state index is 0.0861. The second-order valence-corrected chi connectivity index (χ2v) is 8.82. The van der Waals surface area contributed by atoms with Gasteiger partial charge in [0.2, 0.25) is 5.91 Å². The van der Waals surface area contributed by atoms with Gasteiger partial charge in [0.15, 0.2) is 5.11 Å². The van der Waals surface area contributed by atoms with Crippen molar-refractivity contribution >= 4 is 28.9 Å². The van der Waals surface area contributed by atoms with Gasteiger partial charge in [-0.1, -0.05) is 18.2 Å². The molecule has 5 rings (SSSR count). The van der Waals surface area contributed by atoms with E-state index in [0.29, 0.717) is 11.5 Å². The van der Waals surface area contributed by atoms with E-state index in [-0.39, 0.29) is 11.3 Å². The number of nitrogens with one attached hydrogen (secondary N) is 2. The fraction of sp³-hybridized carbons (Fsp3) is 0.600. The van der Waals surface area contributed by atoms with Crippen LogP contribution in [0.3, 0.4) is 0 Å². The van der Waals surface area contributed by atoms with Gasteiger partial charge < -0.3 is 10.6 Å². The highest BCUT2D eigenvalue weighted by Crippen LogP contribution is 2.61. The minimum Gasteiger partial charge on any atom is -0.332 e. The van der Waals surface area contributed by atoms with Gasteiger partial charge in [-0.2, -0.15) is 0 Å². The quantitative estimate of drug-likeness (QED) is 0.799. The molecule has 4 aliphatic carbocycles. The number of hydrogen-bond acceptors (Lipinski definition) is 2. The lowest BCUT2D eigenvalue weighted by Gasteiger charge is -2.56. The Morgan fingerprint density at radius 3 is 2.29 bits per heavy atom. The van der Waals surface area contributed by atoms with Gasteiger partial charge in [0.1, 0.15) is 0 Å². The molecule has 24 heavy (non-hydrogen) atoms. The molecule has 128 valence electrons. The lowest BCUT2D eigenvalue weighted by Crippen LogP contribution is -2.48. The number of amides is 1. The van der Waals surface area contributed by atoms with Gasteiger partial charge in [-0.3, -0.25) is 4.79 Å². The normalized spacial score (nSPS) is 33.3. The topological polar surface area (TPSA) is 41.1 Å². The maximum absolute atomic E-state index is 12.6. The Morgan fingerprint density at radius 2 is 1.71 bits per heavy atom. The fourth-order valence-electron chi connectivity index (χ4n) is 5.88. The van der Waals surface area contributed by atoms with Crippen molar-refractivity contribution in [2.45, 2.75) is 51.9 Å². The summed E-state index contributed by atoms with van der Waals surface area (Å²) in [7, 11) is 0. The highest BCUT2D eigenvalue weighted by molar-refractivity contribution is 7.80. The fourth-order valence-corrected chi connectivity index (χ4v) is 6.11. The van der Waals surface area contributed by atoms with Crippen LogP contribution in [0.4, 0.5) is 5.69 Å². The monoisotopic (exact) mass is 342 g/mol. The standard InChI is InChI=1S/C20H26N2OS/c1-13-4-2-3-5-17(13)21-19(24)22-18(23)12-20-9-14-6-15(10-20)8-16(7-14)11-20/h2-5,14-16H,6-12H2,1H3,(H2,21,22,23,24). The van der Waals surface area contributed by atoms with Crippen molar-refractivity contribution in [3.63, 3.8) is 0 Å². The third-order valence-electron chi connectivity index (χ3n) is 6.35. The highest BCUT2D eigenvalue weighted by Gasteiger charge is 2.51. The van der Waals surface area contributed by atoms with Crippen molar-refractivity contribution < 1.29 is 4.79 Å². The molecule has 0 heterocycles. The Kier molecular flexibility index (Phi) is 4.11. The lowest BCUT2D eigenvalue weighted by molar-refractivity contribution is -0.127. The Bertz CT molecular complexity index is 634. The van der Waals surface area contributed by atoms with Crippen molar-refractivity contribution in [3.05, 3.63) is 29.8 Å². The summed E-state index contributed by atoms with van der Waals surface area (Å²) < 4.78 is 0. The van der Waals surface area contributed by atoms with Crippen molar-refractivity contribution in [1.82, 2.24) is 5.32 Å². The van der Waals surface area contributed by atoms with Crippen molar-refractivity contribution in [1.29, 1.82) is 0 Å². The molecule has 4 fully saturated rings. The average Bonchev–Trinajstić information content (AvgIpc) is 2.47. The molecule has 0 atom stereocenters. The zero-order valence-corrected chi connectivity index (χ0v) is 15.1. The van der Waals surface area contributed by atoms with Gasteiger partial charge in [0, 0.05) is 12.1 Å². The summed E-state index contributed by atoms with van der Waals surface area (Å²) in [5.41, 5.74) is 2.34. The van der Waals surface area contributed by atoms with E-state index in [2.05, 4.69) is 10.6 Å². The first kappa shape index (κ1) is 16.1. The summed E-state index contributed by atoms with van der Waals surface area (Å²) in [6.45, 7) is 2.03. The van der Waals surface area contributed by atoms with Crippen LogP contribution in [0.15, 0.2) is 24.3 Å². The number of anilines is 1. The average molecular weight is 343 g/mol. The summed E-state index contributed by atoms with van der Waals surface area (Å²) >= 11 is 5.34. The number of rotatable bonds is 3. The Balaban J connectivity index is 1.35. The van der Waals surface area contributed by atoms with E-state index >= 15 is 0 Å². The molecule has 4 aliphatic rings. The first-order valence-electron chi connectivity index (χ1n) is 9.18. The molecule has 4 heteroatoms. The van der Waals surface area contributed by atoms with Gasteiger partial charge in [-0.15, -0.1) is 0 Å². The smallest absolute Gasteiger partial charge is 0.226 e.